The van der Waals surface area contributed by atoms with Crippen LogP contribution in [0.2, 0.25) is 0 Å². The first-order valence-electron chi connectivity index (χ1n) is 16.7. The lowest BCUT2D eigenvalue weighted by Crippen LogP contribution is -2.51. The maximum absolute atomic E-state index is 9.65. The predicted molar refractivity (Wildman–Crippen MR) is 191 cm³/mol. The number of hydrazine groups is 1. The molecule has 0 amide bonds. The van der Waals surface area contributed by atoms with Crippen LogP contribution in [0.1, 0.15) is 43.9 Å². The quantitative estimate of drug-likeness (QED) is 0.0769. The molecule has 51 heavy (non-hydrogen) atoms. The van der Waals surface area contributed by atoms with E-state index < -0.39 is 6.10 Å². The minimum atomic E-state index is -0.448. The molecule has 1 aliphatic heterocycles. The van der Waals surface area contributed by atoms with Crippen molar-refractivity contribution in [3.8, 4) is 22.9 Å². The number of ether oxygens (including phenoxy) is 3. The van der Waals surface area contributed by atoms with Gasteiger partial charge in [0.05, 0.1) is 37.2 Å². The van der Waals surface area contributed by atoms with Crippen molar-refractivity contribution >= 4 is 23.9 Å². The standard InChI is InChI=1S/C34H44N14O3/c1-24(21-48(23-36)45-37)51-32-16-25(4-5-26(32)17-35)27-18-40-34(41-19-27)43-31(33(38-2)50-22-30-10-11-42-46(30)3)20-39-28-6-8-29(9-7-28)44-47-12-14-49-15-13-47/h4-5,10-11,16,18-20,23-24,29,36-37,44H,6-9,12-15,21-22H2,1-3H3,(H,40,41,43)/b31-20+,36-23?,38-33?,39-28?,45-37?/t24-,29?/m0/s1. The number of morpholine rings is 1. The van der Waals surface area contributed by atoms with Crippen molar-refractivity contribution in [3.05, 3.63) is 66.0 Å². The highest BCUT2D eigenvalue weighted by atomic mass is 16.5. The SMILES string of the molecule is CN=C(OCc1ccnn1C)/C(=C\N=C1CCC(NN2CCOCC2)CC1)Nc1ncc(-c2ccc(C#N)c(O[C@@H](C)CN(C=N)N=N)c2)cn1. The minimum Gasteiger partial charge on any atom is -0.487 e. The van der Waals surface area contributed by atoms with Crippen molar-refractivity contribution in [3.63, 3.8) is 0 Å². The number of nitrogens with one attached hydrogen (secondary N) is 4. The maximum Gasteiger partial charge on any atom is 0.234 e. The molecule has 3 heterocycles. The van der Waals surface area contributed by atoms with E-state index in [-0.39, 0.29) is 13.2 Å². The van der Waals surface area contributed by atoms with Crippen LogP contribution >= 0.6 is 0 Å². The largest absolute Gasteiger partial charge is 0.487 e. The molecule has 0 bridgehead atoms. The fourth-order valence-corrected chi connectivity index (χ4v) is 5.60. The Kier molecular flexibility index (Phi) is 13.3. The normalized spacial score (nSPS) is 17.6. The van der Waals surface area contributed by atoms with E-state index >= 15 is 0 Å². The van der Waals surface area contributed by atoms with Gasteiger partial charge >= 0.3 is 0 Å². The summed E-state index contributed by atoms with van der Waals surface area (Å²) in [5, 5.41) is 31.1. The summed E-state index contributed by atoms with van der Waals surface area (Å²) in [4.78, 5) is 18.4. The average molecular weight is 697 g/mol. The second-order valence-electron chi connectivity index (χ2n) is 12.0. The van der Waals surface area contributed by atoms with Crippen LogP contribution in [0.3, 0.4) is 0 Å². The molecule has 17 heteroatoms. The van der Waals surface area contributed by atoms with Gasteiger partial charge in [0.15, 0.2) is 0 Å². The molecule has 1 saturated carbocycles. The highest BCUT2D eigenvalue weighted by Crippen LogP contribution is 2.28. The Morgan fingerprint density at radius 2 is 1.96 bits per heavy atom. The monoisotopic (exact) mass is 696 g/mol. The van der Waals surface area contributed by atoms with Crippen molar-refractivity contribution in [2.75, 3.05) is 45.2 Å². The first-order valence-corrected chi connectivity index (χ1v) is 16.7. The van der Waals surface area contributed by atoms with Crippen LogP contribution in [0, 0.1) is 22.3 Å². The number of hydrogen-bond acceptors (Lipinski definition) is 15. The number of aryl methyl sites for hydroxylation is 1. The van der Waals surface area contributed by atoms with E-state index in [0.29, 0.717) is 40.5 Å². The molecular formula is C34H44N14O3. The third kappa shape index (κ3) is 10.5. The zero-order chi connectivity index (χ0) is 36.0. The molecule has 1 atom stereocenters. The molecule has 17 nitrogen and oxygen atoms in total. The summed E-state index contributed by atoms with van der Waals surface area (Å²) >= 11 is 0. The average Bonchev–Trinajstić information content (AvgIpc) is 3.58. The number of nitrogens with zero attached hydrogens (tertiary/aromatic N) is 10. The Labute approximate surface area is 297 Å². The summed E-state index contributed by atoms with van der Waals surface area (Å²) in [7, 11) is 3.51. The Morgan fingerprint density at radius 3 is 2.61 bits per heavy atom. The molecule has 3 aromatic rings. The van der Waals surface area contributed by atoms with Gasteiger partial charge in [0, 0.05) is 63.1 Å². The van der Waals surface area contributed by atoms with Crippen LogP contribution in [0.15, 0.2) is 70.0 Å². The number of benzene rings is 1. The van der Waals surface area contributed by atoms with E-state index in [1.54, 1.807) is 61.6 Å². The van der Waals surface area contributed by atoms with Gasteiger partial charge in [-0.05, 0) is 56.4 Å². The minimum absolute atomic E-state index is 0.175. The van der Waals surface area contributed by atoms with E-state index in [4.69, 9.17) is 30.1 Å². The van der Waals surface area contributed by atoms with Crippen LogP contribution in [0.4, 0.5) is 5.95 Å². The van der Waals surface area contributed by atoms with Gasteiger partial charge in [0.1, 0.15) is 36.6 Å². The molecule has 5 rings (SSSR count). The number of hydrogen-bond donors (Lipinski definition) is 4. The lowest BCUT2D eigenvalue weighted by Gasteiger charge is -2.33. The van der Waals surface area contributed by atoms with Crippen LogP contribution in [0.25, 0.3) is 11.1 Å². The first-order chi connectivity index (χ1) is 24.9. The van der Waals surface area contributed by atoms with Crippen LogP contribution in [-0.2, 0) is 23.1 Å². The molecule has 0 radical (unpaired) electrons. The summed E-state index contributed by atoms with van der Waals surface area (Å²) in [6.45, 7) is 5.52. The second-order valence-corrected chi connectivity index (χ2v) is 12.0. The summed E-state index contributed by atoms with van der Waals surface area (Å²) < 4.78 is 19.3. The predicted octanol–water partition coefficient (Wildman–Crippen LogP) is 4.09. The Hall–Kier alpha value is -5.57. The van der Waals surface area contributed by atoms with Crippen molar-refractivity contribution < 1.29 is 14.2 Å². The number of rotatable bonds is 15. The van der Waals surface area contributed by atoms with Gasteiger partial charge in [-0.1, -0.05) is 11.3 Å². The topological polar surface area (TPSA) is 210 Å². The fourth-order valence-electron chi connectivity index (χ4n) is 5.60. The lowest BCUT2D eigenvalue weighted by atomic mass is 9.94. The molecule has 2 aliphatic rings. The van der Waals surface area contributed by atoms with Crippen LogP contribution in [-0.4, -0.2) is 99.8 Å². The molecule has 0 unspecified atom stereocenters. The number of aliphatic imine (C=N–C) groups is 2. The fraction of sp³-hybridized carbons (Fsp3) is 0.441. The molecule has 1 aromatic carbocycles. The van der Waals surface area contributed by atoms with E-state index in [9.17, 15) is 5.26 Å². The molecule has 2 fully saturated rings. The van der Waals surface area contributed by atoms with Gasteiger partial charge in [-0.15, -0.1) is 0 Å². The van der Waals surface area contributed by atoms with Gasteiger partial charge in [-0.2, -0.15) is 15.9 Å². The van der Waals surface area contributed by atoms with E-state index in [0.717, 1.165) is 80.3 Å². The summed E-state index contributed by atoms with van der Waals surface area (Å²) in [5.74, 6) is 1.03. The van der Waals surface area contributed by atoms with Crippen LogP contribution in [0.5, 0.6) is 5.75 Å². The first kappa shape index (κ1) is 36.7. The third-order valence-corrected chi connectivity index (χ3v) is 8.41. The van der Waals surface area contributed by atoms with Gasteiger partial charge in [-0.3, -0.25) is 25.5 Å². The number of nitriles is 1. The third-order valence-electron chi connectivity index (χ3n) is 8.41. The van der Waals surface area contributed by atoms with Gasteiger partial charge in [0.25, 0.3) is 0 Å². The van der Waals surface area contributed by atoms with E-state index in [1.165, 1.54) is 0 Å². The zero-order valence-corrected chi connectivity index (χ0v) is 29.1. The zero-order valence-electron chi connectivity index (χ0n) is 29.1. The van der Waals surface area contributed by atoms with Gasteiger partial charge in [0.2, 0.25) is 11.8 Å². The Bertz CT molecular complexity index is 1740. The van der Waals surface area contributed by atoms with Gasteiger partial charge in [-0.25, -0.2) is 20.0 Å². The van der Waals surface area contributed by atoms with Crippen molar-refractivity contribution in [2.45, 2.75) is 51.4 Å². The van der Waals surface area contributed by atoms with Crippen molar-refractivity contribution in [1.82, 2.24) is 35.2 Å². The molecule has 1 aliphatic carbocycles. The molecule has 1 saturated heterocycles. The Morgan fingerprint density at radius 1 is 1.20 bits per heavy atom. The van der Waals surface area contributed by atoms with E-state index in [2.05, 4.69) is 47.1 Å². The lowest BCUT2D eigenvalue weighted by molar-refractivity contribution is 0.00194. The van der Waals surface area contributed by atoms with Gasteiger partial charge < -0.3 is 19.5 Å². The maximum atomic E-state index is 9.65. The molecular weight excluding hydrogens is 652 g/mol. The van der Waals surface area contributed by atoms with Crippen molar-refractivity contribution in [1.29, 1.82) is 16.2 Å². The molecule has 268 valence electrons. The number of aromatic nitrogens is 4. The number of anilines is 1. The second kappa shape index (κ2) is 18.4. The summed E-state index contributed by atoms with van der Waals surface area (Å²) in [6, 6.07) is 9.65. The highest BCUT2D eigenvalue weighted by Gasteiger charge is 2.21. The van der Waals surface area contributed by atoms with Crippen LogP contribution < -0.4 is 15.5 Å². The van der Waals surface area contributed by atoms with E-state index in [1.807, 2.05) is 13.1 Å². The van der Waals surface area contributed by atoms with Crippen molar-refractivity contribution in [2.24, 2.45) is 22.3 Å². The summed E-state index contributed by atoms with van der Waals surface area (Å²) in [5.41, 5.74) is 15.1. The molecule has 0 spiro atoms. The Balaban J connectivity index is 1.30. The smallest absolute Gasteiger partial charge is 0.234 e. The highest BCUT2D eigenvalue weighted by molar-refractivity contribution is 5.96. The molecule has 2 aromatic heterocycles. The molecule has 4 N–H and O–H groups in total. The summed E-state index contributed by atoms with van der Waals surface area (Å²) in [6.07, 6.45) is 11.0.